The Morgan fingerprint density at radius 2 is 1.96 bits per heavy atom. The topological polar surface area (TPSA) is 77.2 Å². The van der Waals surface area contributed by atoms with Crippen molar-refractivity contribution in [2.45, 2.75) is 39.3 Å². The number of nitrogens with zero attached hydrogens (tertiary/aromatic N) is 1. The van der Waals surface area contributed by atoms with E-state index in [0.717, 1.165) is 22.9 Å². The number of rotatable bonds is 9. The van der Waals surface area contributed by atoms with Crippen LogP contribution in [0.4, 0.5) is 0 Å². The molecule has 5 nitrogen and oxygen atoms in total. The zero-order chi connectivity index (χ0) is 18.2. The molecule has 0 radical (unpaired) electrons. The average molecular weight is 455 g/mol. The highest BCUT2D eigenvalue weighted by Gasteiger charge is 2.14. The second-order valence-electron chi connectivity index (χ2n) is 6.28. The van der Waals surface area contributed by atoms with Gasteiger partial charge in [0.2, 0.25) is 5.91 Å². The summed E-state index contributed by atoms with van der Waals surface area (Å²) in [7, 11) is 0. The number of ether oxygens (including phenoxy) is 1. The highest BCUT2D eigenvalue weighted by Crippen LogP contribution is 2.18. The number of benzene rings is 1. The number of amides is 1. The van der Waals surface area contributed by atoms with Crippen molar-refractivity contribution in [2.24, 2.45) is 11.7 Å². The fourth-order valence-corrected chi connectivity index (χ4v) is 3.23. The largest absolute Gasteiger partial charge is 0.486 e. The van der Waals surface area contributed by atoms with E-state index in [1.807, 2.05) is 17.5 Å². The first-order chi connectivity index (χ1) is 12.0. The molecule has 1 aromatic carbocycles. The SMILES string of the molecule is CC(C)CC(CN)NC(=O)Cc1csc(COc2ccc(Cl)cc2)n1.Cl.Cl. The molecule has 2 rings (SSSR count). The molecule has 0 spiro atoms. The number of carbonyl (C=O) groups is 1. The molecular weight excluding hydrogens is 429 g/mol. The molecule has 1 amide bonds. The standard InChI is InChI=1S/C18H24ClN3O2S.2ClH/c1-12(2)7-14(9-20)21-17(23)8-15-11-25-18(22-15)10-24-16-5-3-13(19)4-6-16;;/h3-6,11-12,14H,7-10,20H2,1-2H3,(H,21,23);2*1H. The molecule has 0 bridgehead atoms. The van der Waals surface area contributed by atoms with E-state index in [1.165, 1.54) is 11.3 Å². The van der Waals surface area contributed by atoms with Crippen molar-refractivity contribution in [3.8, 4) is 5.75 Å². The maximum Gasteiger partial charge on any atom is 0.226 e. The van der Waals surface area contributed by atoms with Crippen molar-refractivity contribution in [2.75, 3.05) is 6.54 Å². The van der Waals surface area contributed by atoms with Gasteiger partial charge in [0.25, 0.3) is 0 Å². The molecule has 1 heterocycles. The Labute approximate surface area is 181 Å². The van der Waals surface area contributed by atoms with Crippen LogP contribution >= 0.6 is 47.8 Å². The summed E-state index contributed by atoms with van der Waals surface area (Å²) in [5, 5.41) is 6.36. The van der Waals surface area contributed by atoms with Crippen LogP contribution in [-0.4, -0.2) is 23.5 Å². The third kappa shape index (κ3) is 9.63. The van der Waals surface area contributed by atoms with E-state index in [0.29, 0.717) is 24.1 Å². The van der Waals surface area contributed by atoms with Crippen LogP contribution < -0.4 is 15.8 Å². The molecule has 1 aromatic heterocycles. The maximum absolute atomic E-state index is 12.1. The summed E-state index contributed by atoms with van der Waals surface area (Å²) < 4.78 is 5.66. The van der Waals surface area contributed by atoms with Crippen LogP contribution in [0.2, 0.25) is 5.02 Å². The lowest BCUT2D eigenvalue weighted by atomic mass is 10.0. The Morgan fingerprint density at radius 1 is 1.30 bits per heavy atom. The molecule has 9 heteroatoms. The van der Waals surface area contributed by atoms with E-state index < -0.39 is 0 Å². The van der Waals surface area contributed by atoms with Crippen molar-refractivity contribution in [1.82, 2.24) is 10.3 Å². The Bertz CT molecular complexity index is 681. The number of nitrogens with two attached hydrogens (primary N) is 1. The molecule has 0 aliphatic heterocycles. The molecule has 2 aromatic rings. The lowest BCUT2D eigenvalue weighted by molar-refractivity contribution is -0.121. The molecule has 0 aliphatic carbocycles. The van der Waals surface area contributed by atoms with Crippen LogP contribution in [0, 0.1) is 5.92 Å². The van der Waals surface area contributed by atoms with Crippen LogP contribution in [0.5, 0.6) is 5.75 Å². The minimum absolute atomic E-state index is 0. The van der Waals surface area contributed by atoms with E-state index in [1.54, 1.807) is 12.1 Å². The van der Waals surface area contributed by atoms with Gasteiger partial charge in [-0.1, -0.05) is 25.4 Å². The quantitative estimate of drug-likeness (QED) is 0.594. The van der Waals surface area contributed by atoms with E-state index in [2.05, 4.69) is 24.1 Å². The van der Waals surface area contributed by atoms with Gasteiger partial charge in [-0.05, 0) is 36.6 Å². The first-order valence-electron chi connectivity index (χ1n) is 8.27. The molecule has 0 aliphatic rings. The van der Waals surface area contributed by atoms with Crippen molar-refractivity contribution in [3.05, 3.63) is 45.4 Å². The minimum Gasteiger partial charge on any atom is -0.486 e. The smallest absolute Gasteiger partial charge is 0.226 e. The van der Waals surface area contributed by atoms with E-state index in [9.17, 15) is 4.79 Å². The van der Waals surface area contributed by atoms with Crippen LogP contribution in [0.3, 0.4) is 0 Å². The van der Waals surface area contributed by atoms with Crippen molar-refractivity contribution < 1.29 is 9.53 Å². The molecule has 0 saturated carbocycles. The Hall–Kier alpha value is -1.05. The summed E-state index contributed by atoms with van der Waals surface area (Å²) in [6.45, 7) is 5.04. The van der Waals surface area contributed by atoms with Gasteiger partial charge >= 0.3 is 0 Å². The number of aromatic nitrogens is 1. The molecule has 1 unspecified atom stereocenters. The van der Waals surface area contributed by atoms with Gasteiger partial charge in [0, 0.05) is 23.0 Å². The molecule has 1 atom stereocenters. The Morgan fingerprint density at radius 3 is 2.56 bits per heavy atom. The first kappa shape index (κ1) is 26.0. The van der Waals surface area contributed by atoms with Gasteiger partial charge in [-0.15, -0.1) is 36.2 Å². The fourth-order valence-electron chi connectivity index (χ4n) is 2.40. The zero-order valence-electron chi connectivity index (χ0n) is 15.3. The summed E-state index contributed by atoms with van der Waals surface area (Å²) in [6.07, 6.45) is 1.13. The summed E-state index contributed by atoms with van der Waals surface area (Å²) in [5.41, 5.74) is 6.47. The van der Waals surface area contributed by atoms with Crippen LogP contribution in [0.25, 0.3) is 0 Å². The van der Waals surface area contributed by atoms with E-state index in [-0.39, 0.29) is 43.2 Å². The highest BCUT2D eigenvalue weighted by molar-refractivity contribution is 7.09. The molecule has 3 N–H and O–H groups in total. The third-order valence-corrected chi connectivity index (χ3v) is 4.65. The molecule has 152 valence electrons. The molecule has 27 heavy (non-hydrogen) atoms. The average Bonchev–Trinajstić information content (AvgIpc) is 3.00. The van der Waals surface area contributed by atoms with E-state index in [4.69, 9.17) is 22.1 Å². The number of hydrogen-bond acceptors (Lipinski definition) is 5. The van der Waals surface area contributed by atoms with Gasteiger partial charge in [0.05, 0.1) is 12.1 Å². The fraction of sp³-hybridized carbons (Fsp3) is 0.444. The van der Waals surface area contributed by atoms with Crippen LogP contribution in [-0.2, 0) is 17.8 Å². The number of carbonyl (C=O) groups excluding carboxylic acids is 1. The molecule has 0 saturated heterocycles. The lowest BCUT2D eigenvalue weighted by Gasteiger charge is -2.18. The van der Waals surface area contributed by atoms with Gasteiger partial charge in [0.15, 0.2) is 0 Å². The minimum atomic E-state index is -0.0495. The van der Waals surface area contributed by atoms with Crippen molar-refractivity contribution in [1.29, 1.82) is 0 Å². The molecular formula is C18H26Cl3N3O2S. The predicted molar refractivity (Wildman–Crippen MR) is 117 cm³/mol. The maximum atomic E-state index is 12.1. The highest BCUT2D eigenvalue weighted by atomic mass is 35.5. The predicted octanol–water partition coefficient (Wildman–Crippen LogP) is 4.25. The summed E-state index contributed by atoms with van der Waals surface area (Å²) in [5.74, 6) is 1.18. The van der Waals surface area contributed by atoms with Crippen molar-refractivity contribution in [3.63, 3.8) is 0 Å². The van der Waals surface area contributed by atoms with Gasteiger partial charge in [0.1, 0.15) is 17.4 Å². The first-order valence-corrected chi connectivity index (χ1v) is 9.53. The Balaban J connectivity index is 0.00000338. The van der Waals surface area contributed by atoms with E-state index >= 15 is 0 Å². The second-order valence-corrected chi connectivity index (χ2v) is 7.66. The summed E-state index contributed by atoms with van der Waals surface area (Å²) in [4.78, 5) is 16.6. The summed E-state index contributed by atoms with van der Waals surface area (Å²) in [6, 6.07) is 7.19. The number of hydrogen-bond donors (Lipinski definition) is 2. The van der Waals surface area contributed by atoms with Crippen molar-refractivity contribution >= 4 is 53.7 Å². The second kappa shape index (κ2) is 13.2. The molecule has 0 fully saturated rings. The zero-order valence-corrected chi connectivity index (χ0v) is 18.5. The van der Waals surface area contributed by atoms with Gasteiger partial charge < -0.3 is 15.8 Å². The van der Waals surface area contributed by atoms with Crippen LogP contribution in [0.15, 0.2) is 29.6 Å². The number of nitrogens with one attached hydrogen (secondary N) is 1. The van der Waals surface area contributed by atoms with Gasteiger partial charge in [-0.25, -0.2) is 4.98 Å². The normalized spacial score (nSPS) is 11.3. The summed E-state index contributed by atoms with van der Waals surface area (Å²) >= 11 is 7.33. The monoisotopic (exact) mass is 453 g/mol. The van der Waals surface area contributed by atoms with Gasteiger partial charge in [-0.2, -0.15) is 0 Å². The Kier molecular flexibility index (Phi) is 12.7. The number of thiazole rings is 1. The lowest BCUT2D eigenvalue weighted by Crippen LogP contribution is -2.41. The number of halogens is 3. The van der Waals surface area contributed by atoms with Gasteiger partial charge in [-0.3, -0.25) is 4.79 Å². The van der Waals surface area contributed by atoms with Crippen LogP contribution in [0.1, 0.15) is 31.0 Å². The third-order valence-electron chi connectivity index (χ3n) is 3.52.